The standard InChI is InChI=1S/C14H17N3OS/c1-10-9-19-13(17-10)5-6-16-8-11-3-2-4-12(7-11)14(15)18/h2-4,7,9,16H,5-6,8H2,1H3,(H2,15,18). The van der Waals surface area contributed by atoms with Crippen LogP contribution in [-0.2, 0) is 13.0 Å². The third-order valence-electron chi connectivity index (χ3n) is 2.72. The number of rotatable bonds is 6. The molecule has 2 aromatic rings. The average Bonchev–Trinajstić information content (AvgIpc) is 2.81. The molecule has 4 nitrogen and oxygen atoms in total. The molecule has 0 saturated carbocycles. The first kappa shape index (κ1) is 13.7. The van der Waals surface area contributed by atoms with E-state index in [0.717, 1.165) is 35.8 Å². The lowest BCUT2D eigenvalue weighted by molar-refractivity contribution is 0.1000. The minimum atomic E-state index is -0.389. The van der Waals surface area contributed by atoms with Crippen LogP contribution in [0.15, 0.2) is 29.6 Å². The first-order valence-corrected chi connectivity index (χ1v) is 7.03. The highest BCUT2D eigenvalue weighted by molar-refractivity contribution is 7.09. The monoisotopic (exact) mass is 275 g/mol. The maximum absolute atomic E-state index is 11.1. The van der Waals surface area contributed by atoms with Crippen LogP contribution in [0.2, 0.25) is 0 Å². The van der Waals surface area contributed by atoms with Crippen molar-refractivity contribution in [2.75, 3.05) is 6.54 Å². The van der Waals surface area contributed by atoms with Gasteiger partial charge in [0.15, 0.2) is 0 Å². The van der Waals surface area contributed by atoms with Crippen molar-refractivity contribution in [1.29, 1.82) is 0 Å². The second-order valence-corrected chi connectivity index (χ2v) is 5.32. The molecule has 1 aromatic heterocycles. The molecule has 1 amide bonds. The Labute approximate surface area is 116 Å². The van der Waals surface area contributed by atoms with Crippen molar-refractivity contribution >= 4 is 17.2 Å². The summed E-state index contributed by atoms with van der Waals surface area (Å²) in [5.41, 5.74) is 7.94. The van der Waals surface area contributed by atoms with Crippen LogP contribution in [-0.4, -0.2) is 17.4 Å². The Morgan fingerprint density at radius 3 is 3.00 bits per heavy atom. The topological polar surface area (TPSA) is 68.0 Å². The van der Waals surface area contributed by atoms with E-state index in [0.29, 0.717) is 5.56 Å². The van der Waals surface area contributed by atoms with Gasteiger partial charge in [0.2, 0.25) is 5.91 Å². The van der Waals surface area contributed by atoms with E-state index in [9.17, 15) is 4.79 Å². The van der Waals surface area contributed by atoms with Gasteiger partial charge in [-0.15, -0.1) is 11.3 Å². The molecule has 19 heavy (non-hydrogen) atoms. The normalized spacial score (nSPS) is 10.6. The fourth-order valence-electron chi connectivity index (χ4n) is 1.78. The molecule has 1 heterocycles. The molecule has 0 bridgehead atoms. The van der Waals surface area contributed by atoms with Crippen molar-refractivity contribution in [2.24, 2.45) is 5.73 Å². The number of amides is 1. The SMILES string of the molecule is Cc1csc(CCNCc2cccc(C(N)=O)c2)n1. The van der Waals surface area contributed by atoms with Gasteiger partial charge in [-0.05, 0) is 24.6 Å². The van der Waals surface area contributed by atoms with Crippen LogP contribution >= 0.6 is 11.3 Å². The maximum atomic E-state index is 11.1. The number of thiazole rings is 1. The molecule has 0 aliphatic heterocycles. The molecule has 0 unspecified atom stereocenters. The fourth-order valence-corrected chi connectivity index (χ4v) is 2.56. The molecule has 0 radical (unpaired) electrons. The van der Waals surface area contributed by atoms with Gasteiger partial charge in [0, 0.05) is 36.1 Å². The van der Waals surface area contributed by atoms with Gasteiger partial charge in [-0.1, -0.05) is 12.1 Å². The summed E-state index contributed by atoms with van der Waals surface area (Å²) in [6.45, 7) is 3.60. The Bertz CT molecular complexity index is 565. The van der Waals surface area contributed by atoms with E-state index in [4.69, 9.17) is 5.73 Å². The molecule has 0 aliphatic carbocycles. The first-order valence-electron chi connectivity index (χ1n) is 6.15. The van der Waals surface area contributed by atoms with E-state index in [2.05, 4.69) is 15.7 Å². The third-order valence-corrected chi connectivity index (χ3v) is 3.75. The van der Waals surface area contributed by atoms with Crippen molar-refractivity contribution in [3.05, 3.63) is 51.5 Å². The highest BCUT2D eigenvalue weighted by Gasteiger charge is 2.01. The van der Waals surface area contributed by atoms with E-state index in [1.165, 1.54) is 0 Å². The minimum Gasteiger partial charge on any atom is -0.366 e. The van der Waals surface area contributed by atoms with Crippen LogP contribution in [0.1, 0.15) is 26.6 Å². The summed E-state index contributed by atoms with van der Waals surface area (Å²) in [5, 5.41) is 6.55. The van der Waals surface area contributed by atoms with Gasteiger partial charge in [0.1, 0.15) is 0 Å². The number of nitrogens with two attached hydrogens (primary N) is 1. The molecule has 5 heteroatoms. The second kappa shape index (κ2) is 6.45. The zero-order valence-electron chi connectivity index (χ0n) is 10.8. The van der Waals surface area contributed by atoms with Crippen molar-refractivity contribution < 1.29 is 4.79 Å². The summed E-state index contributed by atoms with van der Waals surface area (Å²) in [6.07, 6.45) is 0.925. The summed E-state index contributed by atoms with van der Waals surface area (Å²) < 4.78 is 0. The van der Waals surface area contributed by atoms with Crippen molar-refractivity contribution in [3.8, 4) is 0 Å². The molecule has 1 aromatic carbocycles. The Kier molecular flexibility index (Phi) is 4.65. The molecule has 0 spiro atoms. The molecular formula is C14H17N3OS. The predicted octanol–water partition coefficient (Wildman–Crippen LogP) is 1.88. The number of benzene rings is 1. The zero-order chi connectivity index (χ0) is 13.7. The minimum absolute atomic E-state index is 0.389. The average molecular weight is 275 g/mol. The second-order valence-electron chi connectivity index (χ2n) is 4.37. The summed E-state index contributed by atoms with van der Waals surface area (Å²) in [4.78, 5) is 15.5. The highest BCUT2D eigenvalue weighted by Crippen LogP contribution is 2.09. The molecule has 100 valence electrons. The number of carbonyl (C=O) groups is 1. The first-order chi connectivity index (χ1) is 9.15. The number of primary amides is 1. The number of carbonyl (C=O) groups excluding carboxylic acids is 1. The van der Waals surface area contributed by atoms with Crippen molar-refractivity contribution in [3.63, 3.8) is 0 Å². The lowest BCUT2D eigenvalue weighted by Crippen LogP contribution is -2.17. The Morgan fingerprint density at radius 2 is 2.32 bits per heavy atom. The molecule has 0 aliphatic rings. The van der Waals surface area contributed by atoms with Gasteiger partial charge in [-0.25, -0.2) is 4.98 Å². The Hall–Kier alpha value is -1.72. The lowest BCUT2D eigenvalue weighted by Gasteiger charge is -2.05. The Balaban J connectivity index is 1.79. The Morgan fingerprint density at radius 1 is 1.47 bits per heavy atom. The van der Waals surface area contributed by atoms with Crippen LogP contribution in [0.3, 0.4) is 0 Å². The van der Waals surface area contributed by atoms with Crippen LogP contribution in [0.5, 0.6) is 0 Å². The van der Waals surface area contributed by atoms with Gasteiger partial charge in [0.25, 0.3) is 0 Å². The molecule has 0 saturated heterocycles. The molecule has 0 fully saturated rings. The molecular weight excluding hydrogens is 258 g/mol. The number of nitrogens with one attached hydrogen (secondary N) is 1. The van der Waals surface area contributed by atoms with Gasteiger partial charge >= 0.3 is 0 Å². The zero-order valence-corrected chi connectivity index (χ0v) is 11.7. The highest BCUT2D eigenvalue weighted by atomic mass is 32.1. The van der Waals surface area contributed by atoms with Gasteiger partial charge in [-0.2, -0.15) is 0 Å². The van der Waals surface area contributed by atoms with Crippen molar-refractivity contribution in [2.45, 2.75) is 19.9 Å². The number of hydrogen-bond donors (Lipinski definition) is 2. The van der Waals surface area contributed by atoms with E-state index in [1.54, 1.807) is 17.4 Å². The summed E-state index contributed by atoms with van der Waals surface area (Å²) in [6, 6.07) is 7.38. The van der Waals surface area contributed by atoms with Crippen LogP contribution in [0, 0.1) is 6.92 Å². The van der Waals surface area contributed by atoms with Crippen LogP contribution in [0.25, 0.3) is 0 Å². The van der Waals surface area contributed by atoms with Crippen LogP contribution in [0.4, 0.5) is 0 Å². The number of nitrogens with zero attached hydrogens (tertiary/aromatic N) is 1. The number of aryl methyl sites for hydroxylation is 1. The maximum Gasteiger partial charge on any atom is 0.248 e. The van der Waals surface area contributed by atoms with E-state index < -0.39 is 0 Å². The van der Waals surface area contributed by atoms with Gasteiger partial charge in [-0.3, -0.25) is 4.79 Å². The fraction of sp³-hybridized carbons (Fsp3) is 0.286. The third kappa shape index (κ3) is 4.15. The predicted molar refractivity (Wildman–Crippen MR) is 77.2 cm³/mol. The number of hydrogen-bond acceptors (Lipinski definition) is 4. The van der Waals surface area contributed by atoms with E-state index >= 15 is 0 Å². The van der Waals surface area contributed by atoms with Gasteiger partial charge in [0.05, 0.1) is 5.01 Å². The molecule has 0 atom stereocenters. The lowest BCUT2D eigenvalue weighted by atomic mass is 10.1. The van der Waals surface area contributed by atoms with Crippen LogP contribution < -0.4 is 11.1 Å². The number of aromatic nitrogens is 1. The van der Waals surface area contributed by atoms with E-state index in [1.807, 2.05) is 25.1 Å². The van der Waals surface area contributed by atoms with Gasteiger partial charge < -0.3 is 11.1 Å². The summed E-state index contributed by atoms with van der Waals surface area (Å²) in [7, 11) is 0. The largest absolute Gasteiger partial charge is 0.366 e. The summed E-state index contributed by atoms with van der Waals surface area (Å²) in [5.74, 6) is -0.389. The quantitative estimate of drug-likeness (QED) is 0.791. The van der Waals surface area contributed by atoms with Crippen molar-refractivity contribution in [1.82, 2.24) is 10.3 Å². The van der Waals surface area contributed by atoms with E-state index in [-0.39, 0.29) is 5.91 Å². The summed E-state index contributed by atoms with van der Waals surface area (Å²) >= 11 is 1.69. The smallest absolute Gasteiger partial charge is 0.248 e. The molecule has 3 N–H and O–H groups in total. The molecule has 2 rings (SSSR count).